The van der Waals surface area contributed by atoms with E-state index in [1.807, 2.05) is 6.92 Å². The van der Waals surface area contributed by atoms with Crippen LogP contribution >= 0.6 is 11.6 Å². The number of hydrogen-bond donors (Lipinski definition) is 1. The largest absolute Gasteiger partial charge is 0.496 e. The Morgan fingerprint density at radius 2 is 2.00 bits per heavy atom. The van der Waals surface area contributed by atoms with E-state index in [0.29, 0.717) is 6.54 Å². The monoisotopic (exact) mass is 269 g/mol. The molecule has 3 nitrogen and oxygen atoms in total. The lowest BCUT2D eigenvalue weighted by atomic mass is 9.96. The Labute approximate surface area is 113 Å². The fourth-order valence-corrected chi connectivity index (χ4v) is 2.19. The quantitative estimate of drug-likeness (QED) is 0.834. The molecule has 1 aromatic carbocycles. The van der Waals surface area contributed by atoms with Gasteiger partial charge in [0, 0.05) is 6.54 Å². The highest BCUT2D eigenvalue weighted by atomic mass is 35.5. The first-order chi connectivity index (χ1) is 8.51. The highest BCUT2D eigenvalue weighted by Gasteiger charge is 2.10. The van der Waals surface area contributed by atoms with Gasteiger partial charge in [-0.2, -0.15) is 0 Å². The number of aryl methyl sites for hydroxylation is 1. The molecule has 1 rings (SSSR count). The van der Waals surface area contributed by atoms with Crippen LogP contribution < -0.4 is 10.1 Å². The maximum Gasteiger partial charge on any atom is 0.234 e. The van der Waals surface area contributed by atoms with E-state index < -0.39 is 0 Å². The molecule has 0 unspecified atom stereocenters. The van der Waals surface area contributed by atoms with Crippen molar-refractivity contribution in [1.82, 2.24) is 5.32 Å². The summed E-state index contributed by atoms with van der Waals surface area (Å²) in [6.07, 6.45) is 0.806. The van der Waals surface area contributed by atoms with Gasteiger partial charge in [-0.05, 0) is 49.4 Å². The van der Waals surface area contributed by atoms with Gasteiger partial charge in [0.1, 0.15) is 11.6 Å². The number of amides is 1. The summed E-state index contributed by atoms with van der Waals surface area (Å²) in [5.41, 5.74) is 4.74. The highest BCUT2D eigenvalue weighted by molar-refractivity contribution is 6.27. The van der Waals surface area contributed by atoms with E-state index in [0.717, 1.165) is 23.3 Å². The van der Waals surface area contributed by atoms with Crippen LogP contribution in [-0.4, -0.2) is 25.4 Å². The van der Waals surface area contributed by atoms with Crippen molar-refractivity contribution in [2.24, 2.45) is 0 Å². The van der Waals surface area contributed by atoms with Gasteiger partial charge in [-0.15, -0.1) is 11.6 Å². The van der Waals surface area contributed by atoms with E-state index in [4.69, 9.17) is 16.3 Å². The molecule has 0 atom stereocenters. The molecule has 100 valence electrons. The van der Waals surface area contributed by atoms with Gasteiger partial charge >= 0.3 is 0 Å². The fourth-order valence-electron chi connectivity index (χ4n) is 2.10. The van der Waals surface area contributed by atoms with Crippen molar-refractivity contribution >= 4 is 17.5 Å². The second-order valence-corrected chi connectivity index (χ2v) is 4.64. The summed E-state index contributed by atoms with van der Waals surface area (Å²) in [6.45, 7) is 6.78. The number of benzene rings is 1. The summed E-state index contributed by atoms with van der Waals surface area (Å²) in [7, 11) is 1.69. The van der Waals surface area contributed by atoms with E-state index >= 15 is 0 Å². The average molecular weight is 270 g/mol. The van der Waals surface area contributed by atoms with E-state index in [1.54, 1.807) is 7.11 Å². The van der Waals surface area contributed by atoms with Crippen molar-refractivity contribution in [2.75, 3.05) is 19.5 Å². The summed E-state index contributed by atoms with van der Waals surface area (Å²) in [5, 5.41) is 2.77. The van der Waals surface area contributed by atoms with Crippen LogP contribution in [0.1, 0.15) is 22.3 Å². The number of rotatable bonds is 5. The van der Waals surface area contributed by atoms with Crippen molar-refractivity contribution in [3.05, 3.63) is 28.3 Å². The molecule has 0 bridgehead atoms. The van der Waals surface area contributed by atoms with E-state index in [-0.39, 0.29) is 11.8 Å². The molecule has 1 amide bonds. The van der Waals surface area contributed by atoms with Gasteiger partial charge in [-0.3, -0.25) is 4.79 Å². The van der Waals surface area contributed by atoms with Gasteiger partial charge in [0.25, 0.3) is 0 Å². The lowest BCUT2D eigenvalue weighted by Gasteiger charge is -2.15. The molecule has 0 heterocycles. The fraction of sp³-hybridized carbons (Fsp3) is 0.500. The average Bonchev–Trinajstić information content (AvgIpc) is 2.35. The standard InChI is InChI=1S/C14H20ClNO2/c1-9-7-12(5-6-16-13(17)8-15)10(2)11(3)14(9)18-4/h7H,5-6,8H2,1-4H3,(H,16,17). The van der Waals surface area contributed by atoms with Gasteiger partial charge in [0.15, 0.2) is 0 Å². The SMILES string of the molecule is COc1c(C)cc(CCNC(=O)CCl)c(C)c1C. The zero-order valence-electron chi connectivity index (χ0n) is 11.4. The Morgan fingerprint density at radius 3 is 2.56 bits per heavy atom. The predicted molar refractivity (Wildman–Crippen MR) is 74.6 cm³/mol. The highest BCUT2D eigenvalue weighted by Crippen LogP contribution is 2.28. The first kappa shape index (κ1) is 14.8. The molecule has 0 fully saturated rings. The minimum atomic E-state index is -0.128. The van der Waals surface area contributed by atoms with Crippen molar-refractivity contribution < 1.29 is 9.53 Å². The number of ether oxygens (including phenoxy) is 1. The van der Waals surface area contributed by atoms with Crippen LogP contribution in [0.15, 0.2) is 6.07 Å². The van der Waals surface area contributed by atoms with Crippen LogP contribution in [0.4, 0.5) is 0 Å². The molecule has 0 aliphatic rings. The van der Waals surface area contributed by atoms with Crippen LogP contribution in [0, 0.1) is 20.8 Å². The molecule has 0 aromatic heterocycles. The third-order valence-electron chi connectivity index (χ3n) is 3.18. The zero-order chi connectivity index (χ0) is 13.7. The molecule has 0 saturated heterocycles. The number of methoxy groups -OCH3 is 1. The van der Waals surface area contributed by atoms with Crippen molar-refractivity contribution in [3.8, 4) is 5.75 Å². The van der Waals surface area contributed by atoms with Gasteiger partial charge in [-0.1, -0.05) is 6.07 Å². The molecule has 1 N–H and O–H groups in total. The van der Waals surface area contributed by atoms with Gasteiger partial charge < -0.3 is 10.1 Å². The first-order valence-corrected chi connectivity index (χ1v) is 6.51. The molecule has 0 radical (unpaired) electrons. The number of carbonyl (C=O) groups excluding carboxylic acids is 1. The molecule has 0 aliphatic heterocycles. The summed E-state index contributed by atoms with van der Waals surface area (Å²) >= 11 is 5.43. The lowest BCUT2D eigenvalue weighted by Crippen LogP contribution is -2.26. The Balaban J connectivity index is 2.81. The predicted octanol–water partition coefficient (Wildman–Crippen LogP) is 2.52. The first-order valence-electron chi connectivity index (χ1n) is 5.97. The topological polar surface area (TPSA) is 38.3 Å². The van der Waals surface area contributed by atoms with E-state index in [2.05, 4.69) is 25.2 Å². The summed E-state index contributed by atoms with van der Waals surface area (Å²) < 4.78 is 5.38. The van der Waals surface area contributed by atoms with Crippen molar-refractivity contribution in [3.63, 3.8) is 0 Å². The minimum absolute atomic E-state index is 0.0135. The maximum atomic E-state index is 11.1. The number of halogens is 1. The zero-order valence-corrected chi connectivity index (χ0v) is 12.1. The Hall–Kier alpha value is -1.22. The number of hydrogen-bond acceptors (Lipinski definition) is 2. The molecule has 1 aromatic rings. The normalized spacial score (nSPS) is 10.3. The molecule has 18 heavy (non-hydrogen) atoms. The Bertz CT molecular complexity index is 444. The molecular formula is C14H20ClNO2. The maximum absolute atomic E-state index is 11.1. The molecule has 0 aliphatic carbocycles. The van der Waals surface area contributed by atoms with Crippen LogP contribution in [0.3, 0.4) is 0 Å². The summed E-state index contributed by atoms with van der Waals surface area (Å²) in [6, 6.07) is 2.12. The van der Waals surface area contributed by atoms with Crippen molar-refractivity contribution in [2.45, 2.75) is 27.2 Å². The minimum Gasteiger partial charge on any atom is -0.496 e. The van der Waals surface area contributed by atoms with Crippen LogP contribution in [0.2, 0.25) is 0 Å². The third-order valence-corrected chi connectivity index (χ3v) is 3.42. The van der Waals surface area contributed by atoms with Crippen molar-refractivity contribution in [1.29, 1.82) is 0 Å². The smallest absolute Gasteiger partial charge is 0.234 e. The van der Waals surface area contributed by atoms with Crippen LogP contribution in [-0.2, 0) is 11.2 Å². The summed E-state index contributed by atoms with van der Waals surface area (Å²) in [5.74, 6) is 0.831. The summed E-state index contributed by atoms with van der Waals surface area (Å²) in [4.78, 5) is 11.1. The van der Waals surface area contributed by atoms with Crippen LogP contribution in [0.5, 0.6) is 5.75 Å². The van der Waals surface area contributed by atoms with Crippen LogP contribution in [0.25, 0.3) is 0 Å². The molecule has 4 heteroatoms. The lowest BCUT2D eigenvalue weighted by molar-refractivity contribution is -0.118. The van der Waals surface area contributed by atoms with E-state index in [9.17, 15) is 4.79 Å². The number of alkyl halides is 1. The second kappa shape index (κ2) is 6.64. The number of nitrogens with one attached hydrogen (secondary N) is 1. The molecule has 0 saturated carbocycles. The molecular weight excluding hydrogens is 250 g/mol. The number of carbonyl (C=O) groups is 1. The Kier molecular flexibility index (Phi) is 5.48. The van der Waals surface area contributed by atoms with Gasteiger partial charge in [-0.25, -0.2) is 0 Å². The third kappa shape index (κ3) is 3.39. The molecule has 0 spiro atoms. The van der Waals surface area contributed by atoms with E-state index in [1.165, 1.54) is 11.1 Å². The Morgan fingerprint density at radius 1 is 1.33 bits per heavy atom. The van der Waals surface area contributed by atoms with Gasteiger partial charge in [0.05, 0.1) is 7.11 Å². The second-order valence-electron chi connectivity index (χ2n) is 4.37. The van der Waals surface area contributed by atoms with Gasteiger partial charge in [0.2, 0.25) is 5.91 Å².